The van der Waals surface area contributed by atoms with E-state index in [2.05, 4.69) is 9.68 Å². The molecule has 0 spiro atoms. The van der Waals surface area contributed by atoms with Crippen molar-refractivity contribution in [2.45, 2.75) is 16.2 Å². The van der Waals surface area contributed by atoms with Crippen molar-refractivity contribution in [3.63, 3.8) is 0 Å². The van der Waals surface area contributed by atoms with Crippen molar-refractivity contribution in [3.05, 3.63) is 58.6 Å². The minimum atomic E-state index is -4.21. The van der Waals surface area contributed by atoms with Gasteiger partial charge in [-0.1, -0.05) is 23.2 Å². The Morgan fingerprint density at radius 2 is 1.00 bits per heavy atom. The lowest BCUT2D eigenvalue weighted by atomic mass is 10.4. The average Bonchev–Trinajstić information content (AvgIpc) is 2.66. The Labute approximate surface area is 175 Å². The molecule has 0 unspecified atom stereocenters. The number of nitrogens with one attached hydrogen (secondary N) is 2. The molecule has 0 atom stereocenters. The van der Waals surface area contributed by atoms with Gasteiger partial charge in [0, 0.05) is 10.0 Å². The van der Waals surface area contributed by atoms with Crippen LogP contribution in [0, 0.1) is 0 Å². The van der Waals surface area contributed by atoms with E-state index >= 15 is 0 Å². The van der Waals surface area contributed by atoms with Crippen LogP contribution in [0.15, 0.2) is 58.3 Å². The zero-order valence-electron chi connectivity index (χ0n) is 14.2. The third kappa shape index (κ3) is 6.96. The predicted molar refractivity (Wildman–Crippen MR) is 100 cm³/mol. The van der Waals surface area contributed by atoms with Gasteiger partial charge >= 0.3 is 11.9 Å². The molecule has 0 amide bonds. The molecule has 0 aliphatic rings. The van der Waals surface area contributed by atoms with Gasteiger partial charge in [-0.05, 0) is 58.3 Å². The first-order valence-electron chi connectivity index (χ1n) is 7.44. The van der Waals surface area contributed by atoms with Gasteiger partial charge in [0.1, 0.15) is 6.42 Å². The van der Waals surface area contributed by atoms with E-state index in [4.69, 9.17) is 23.2 Å². The van der Waals surface area contributed by atoms with Gasteiger partial charge in [0.15, 0.2) is 0 Å². The van der Waals surface area contributed by atoms with Crippen LogP contribution in [0.2, 0.25) is 10.0 Å². The number of carbonyl (C=O) groups excluding carboxylic acids is 2. The fourth-order valence-corrected chi connectivity index (χ4v) is 3.55. The first-order valence-corrected chi connectivity index (χ1v) is 11.2. The molecule has 0 aliphatic carbocycles. The lowest BCUT2D eigenvalue weighted by Gasteiger charge is -2.08. The van der Waals surface area contributed by atoms with Crippen LogP contribution in [0.1, 0.15) is 6.42 Å². The van der Waals surface area contributed by atoms with Crippen molar-refractivity contribution < 1.29 is 36.1 Å². The van der Waals surface area contributed by atoms with Crippen LogP contribution in [-0.2, 0) is 39.3 Å². The van der Waals surface area contributed by atoms with Crippen molar-refractivity contribution in [1.29, 1.82) is 0 Å². The van der Waals surface area contributed by atoms with Crippen LogP contribution in [0.3, 0.4) is 0 Å². The SMILES string of the molecule is O=C(CC(=O)ONS(=O)(=O)c1ccc(Cl)cc1)ONS(=O)(=O)c1ccc(Cl)cc1. The number of benzene rings is 2. The summed E-state index contributed by atoms with van der Waals surface area (Å²) in [6.45, 7) is 0. The third-order valence-electron chi connectivity index (χ3n) is 3.07. The molecule has 0 fully saturated rings. The summed E-state index contributed by atoms with van der Waals surface area (Å²) in [5, 5.41) is 0.592. The Balaban J connectivity index is 1.85. The molecule has 2 aromatic rings. The molecule has 0 aromatic heterocycles. The Morgan fingerprint density at radius 3 is 1.31 bits per heavy atom. The Bertz CT molecular complexity index is 1010. The van der Waals surface area contributed by atoms with Crippen molar-refractivity contribution in [3.8, 4) is 0 Å². The molecule has 2 N–H and O–H groups in total. The van der Waals surface area contributed by atoms with Crippen LogP contribution in [0.25, 0.3) is 0 Å². The van der Waals surface area contributed by atoms with E-state index in [0.29, 0.717) is 10.0 Å². The average molecular weight is 483 g/mol. The van der Waals surface area contributed by atoms with Crippen LogP contribution >= 0.6 is 23.2 Å². The maximum absolute atomic E-state index is 11.9. The quantitative estimate of drug-likeness (QED) is 0.425. The normalized spacial score (nSPS) is 11.7. The number of rotatable bonds is 8. The zero-order chi connectivity index (χ0) is 21.7. The minimum Gasteiger partial charge on any atom is -0.355 e. The second-order valence-electron chi connectivity index (χ2n) is 5.21. The van der Waals surface area contributed by atoms with E-state index in [1.807, 2.05) is 0 Å². The van der Waals surface area contributed by atoms with Gasteiger partial charge in [0.2, 0.25) is 0 Å². The molecule has 0 radical (unpaired) electrons. The van der Waals surface area contributed by atoms with Gasteiger partial charge < -0.3 is 9.68 Å². The summed E-state index contributed by atoms with van der Waals surface area (Å²) < 4.78 is 47.7. The number of hydrogen-bond donors (Lipinski definition) is 2. The number of hydrogen-bond acceptors (Lipinski definition) is 8. The molecule has 10 nitrogen and oxygen atoms in total. The predicted octanol–water partition coefficient (Wildman–Crippen LogP) is 1.56. The smallest absolute Gasteiger partial charge is 0.337 e. The van der Waals surface area contributed by atoms with Crippen LogP contribution < -0.4 is 9.77 Å². The first-order chi connectivity index (χ1) is 13.5. The summed E-state index contributed by atoms with van der Waals surface area (Å²) in [6, 6.07) is 9.89. The molecular formula is C15H12Cl2N2O8S2. The summed E-state index contributed by atoms with van der Waals surface area (Å²) in [7, 11) is -8.42. The zero-order valence-corrected chi connectivity index (χ0v) is 17.3. The minimum absolute atomic E-state index is 0.243. The van der Waals surface area contributed by atoms with Crippen molar-refractivity contribution in [1.82, 2.24) is 9.77 Å². The fourth-order valence-electron chi connectivity index (χ4n) is 1.72. The Hall–Kier alpha value is -2.22. The van der Waals surface area contributed by atoms with Gasteiger partial charge in [0.25, 0.3) is 20.0 Å². The molecular weight excluding hydrogens is 471 g/mol. The summed E-state index contributed by atoms with van der Waals surface area (Å²) in [6.07, 6.45) is -1.08. The lowest BCUT2D eigenvalue weighted by molar-refractivity contribution is -0.158. The molecule has 2 rings (SSSR count). The van der Waals surface area contributed by atoms with Crippen LogP contribution in [0.4, 0.5) is 0 Å². The van der Waals surface area contributed by atoms with E-state index in [1.54, 1.807) is 0 Å². The third-order valence-corrected chi connectivity index (χ3v) is 5.96. The second-order valence-corrected chi connectivity index (χ2v) is 9.37. The molecule has 156 valence electrons. The van der Waals surface area contributed by atoms with Crippen LogP contribution in [-0.4, -0.2) is 28.8 Å². The molecule has 29 heavy (non-hydrogen) atoms. The highest BCUT2D eigenvalue weighted by molar-refractivity contribution is 7.89. The van der Waals surface area contributed by atoms with Gasteiger partial charge in [-0.2, -0.15) is 0 Å². The first kappa shape index (κ1) is 23.1. The van der Waals surface area contributed by atoms with E-state index in [9.17, 15) is 26.4 Å². The van der Waals surface area contributed by atoms with Crippen molar-refractivity contribution >= 4 is 55.2 Å². The maximum atomic E-state index is 11.9. The highest BCUT2D eigenvalue weighted by Crippen LogP contribution is 2.15. The Morgan fingerprint density at radius 1 is 0.690 bits per heavy atom. The van der Waals surface area contributed by atoms with Crippen molar-refractivity contribution in [2.75, 3.05) is 0 Å². The topological polar surface area (TPSA) is 145 Å². The molecule has 2 aromatic carbocycles. The van der Waals surface area contributed by atoms with Gasteiger partial charge in [0.05, 0.1) is 9.79 Å². The molecule has 0 heterocycles. The Kier molecular flexibility index (Phi) is 7.57. The highest BCUT2D eigenvalue weighted by atomic mass is 35.5. The maximum Gasteiger partial charge on any atom is 0.337 e. The number of sulfonamides is 2. The molecule has 14 heteroatoms. The lowest BCUT2D eigenvalue weighted by Crippen LogP contribution is -2.31. The molecule has 0 saturated heterocycles. The van der Waals surface area contributed by atoms with E-state index < -0.39 is 38.4 Å². The summed E-state index contributed by atoms with van der Waals surface area (Å²) in [5.74, 6) is -2.67. The van der Waals surface area contributed by atoms with E-state index in [-0.39, 0.29) is 9.79 Å². The number of halogens is 2. The summed E-state index contributed by atoms with van der Waals surface area (Å²) in [4.78, 5) is 34.3. The second kappa shape index (κ2) is 9.52. The standard InChI is InChI=1S/C15H12Cl2N2O8S2/c16-10-1-5-12(6-2-10)28(22,23)18-26-14(20)9-15(21)27-19-29(24,25)13-7-3-11(17)4-8-13/h1-8,18-19H,9H2. The largest absolute Gasteiger partial charge is 0.355 e. The van der Waals surface area contributed by atoms with Gasteiger partial charge in [-0.25, -0.2) is 26.4 Å². The fraction of sp³-hybridized carbons (Fsp3) is 0.0667. The number of carbonyl (C=O) groups is 2. The van der Waals surface area contributed by atoms with Gasteiger partial charge in [-0.3, -0.25) is 0 Å². The van der Waals surface area contributed by atoms with Gasteiger partial charge in [-0.15, -0.1) is 0 Å². The summed E-state index contributed by atoms with van der Waals surface area (Å²) >= 11 is 11.3. The monoisotopic (exact) mass is 482 g/mol. The highest BCUT2D eigenvalue weighted by Gasteiger charge is 2.21. The molecule has 0 aliphatic heterocycles. The van der Waals surface area contributed by atoms with E-state index in [1.165, 1.54) is 34.0 Å². The molecule has 0 saturated carbocycles. The van der Waals surface area contributed by atoms with E-state index in [0.717, 1.165) is 24.3 Å². The van der Waals surface area contributed by atoms with Crippen molar-refractivity contribution in [2.24, 2.45) is 0 Å². The van der Waals surface area contributed by atoms with Crippen LogP contribution in [0.5, 0.6) is 0 Å². The molecule has 0 bridgehead atoms. The summed E-state index contributed by atoms with van der Waals surface area (Å²) in [5.41, 5.74) is 0.